The number of hydrogen-bond donors (Lipinski definition) is 0. The van der Waals surface area contributed by atoms with E-state index in [1.54, 1.807) is 0 Å². The maximum atomic E-state index is 12.7. The van der Waals surface area contributed by atoms with E-state index in [1.165, 1.54) is 21.3 Å². The Kier molecular flexibility index (Phi) is 5.90. The van der Waals surface area contributed by atoms with Gasteiger partial charge in [0.15, 0.2) is 0 Å². The molecule has 148 valence electrons. The smallest absolute Gasteiger partial charge is 0.410 e. The number of sulfonamides is 1. The van der Waals surface area contributed by atoms with Crippen molar-refractivity contribution in [3.8, 4) is 0 Å². The summed E-state index contributed by atoms with van der Waals surface area (Å²) in [5.74, 6) is 0. The van der Waals surface area contributed by atoms with Gasteiger partial charge < -0.3 is 9.64 Å². The fourth-order valence-corrected chi connectivity index (χ4v) is 4.23. The number of carbonyl (C=O) groups excluding carboxylic acids is 1. The lowest BCUT2D eigenvalue weighted by Gasteiger charge is -2.33. The standard InChI is InChI=1S/C18H19N3O6S/c22-18(27-14-15-4-2-1-3-5-15)19-10-12-20(13-11-19)28(25,26)17-8-6-16(7-9-17)21(23)24/h1-9H,10-14H2. The third-order valence-corrected chi connectivity index (χ3v) is 6.30. The maximum absolute atomic E-state index is 12.7. The van der Waals surface area contributed by atoms with Gasteiger partial charge in [-0.2, -0.15) is 4.31 Å². The van der Waals surface area contributed by atoms with E-state index in [0.717, 1.165) is 17.7 Å². The Labute approximate surface area is 162 Å². The van der Waals surface area contributed by atoms with Crippen LogP contribution >= 0.6 is 0 Å². The molecule has 1 fully saturated rings. The zero-order chi connectivity index (χ0) is 20.1. The molecule has 0 bridgehead atoms. The van der Waals surface area contributed by atoms with E-state index >= 15 is 0 Å². The van der Waals surface area contributed by atoms with Gasteiger partial charge in [-0.3, -0.25) is 10.1 Å². The number of piperazine rings is 1. The molecule has 0 atom stereocenters. The molecule has 2 aromatic rings. The van der Waals surface area contributed by atoms with Gasteiger partial charge in [0.1, 0.15) is 6.61 Å². The van der Waals surface area contributed by atoms with Crippen LogP contribution in [-0.4, -0.2) is 54.8 Å². The normalized spacial score (nSPS) is 15.2. The van der Waals surface area contributed by atoms with Gasteiger partial charge in [-0.25, -0.2) is 13.2 Å². The SMILES string of the molecule is O=C(OCc1ccccc1)N1CCN(S(=O)(=O)c2ccc([N+](=O)[O-])cc2)CC1. The first-order valence-electron chi connectivity index (χ1n) is 8.58. The van der Waals surface area contributed by atoms with Crippen molar-refractivity contribution in [3.05, 3.63) is 70.3 Å². The summed E-state index contributed by atoms with van der Waals surface area (Å²) in [5, 5.41) is 10.7. The van der Waals surface area contributed by atoms with Crippen molar-refractivity contribution in [1.29, 1.82) is 0 Å². The molecular weight excluding hydrogens is 386 g/mol. The van der Waals surface area contributed by atoms with E-state index in [1.807, 2.05) is 30.3 Å². The molecule has 1 amide bonds. The van der Waals surface area contributed by atoms with Crippen molar-refractivity contribution in [2.45, 2.75) is 11.5 Å². The Morgan fingerprint density at radius 1 is 1.00 bits per heavy atom. The molecule has 1 heterocycles. The molecule has 9 nitrogen and oxygen atoms in total. The van der Waals surface area contributed by atoms with Gasteiger partial charge in [0.2, 0.25) is 10.0 Å². The van der Waals surface area contributed by atoms with Crippen LogP contribution in [0.1, 0.15) is 5.56 Å². The lowest BCUT2D eigenvalue weighted by atomic mass is 10.2. The summed E-state index contributed by atoms with van der Waals surface area (Å²) in [7, 11) is -3.78. The van der Waals surface area contributed by atoms with Crippen molar-refractivity contribution < 1.29 is 22.9 Å². The third kappa shape index (κ3) is 4.46. The van der Waals surface area contributed by atoms with Crippen LogP contribution in [0, 0.1) is 10.1 Å². The Morgan fingerprint density at radius 3 is 2.18 bits per heavy atom. The summed E-state index contributed by atoms with van der Waals surface area (Å²) in [4.78, 5) is 23.7. The number of benzene rings is 2. The lowest BCUT2D eigenvalue weighted by molar-refractivity contribution is -0.384. The fraction of sp³-hybridized carbons (Fsp3) is 0.278. The highest BCUT2D eigenvalue weighted by molar-refractivity contribution is 7.89. The zero-order valence-corrected chi connectivity index (χ0v) is 15.7. The van der Waals surface area contributed by atoms with Crippen LogP contribution in [0.5, 0.6) is 0 Å². The van der Waals surface area contributed by atoms with Gasteiger partial charge >= 0.3 is 6.09 Å². The average Bonchev–Trinajstić information content (AvgIpc) is 2.73. The molecule has 0 N–H and O–H groups in total. The first kappa shape index (κ1) is 19.8. The Balaban J connectivity index is 1.56. The number of non-ortho nitro benzene ring substituents is 1. The van der Waals surface area contributed by atoms with Gasteiger partial charge in [-0.15, -0.1) is 0 Å². The monoisotopic (exact) mass is 405 g/mol. The first-order chi connectivity index (χ1) is 13.4. The van der Waals surface area contributed by atoms with Crippen LogP contribution < -0.4 is 0 Å². The molecule has 0 spiro atoms. The molecule has 0 aromatic heterocycles. The minimum absolute atomic E-state index is 0.0156. The number of rotatable bonds is 5. The summed E-state index contributed by atoms with van der Waals surface area (Å²) >= 11 is 0. The molecule has 0 unspecified atom stereocenters. The Bertz CT molecular complexity index is 939. The second-order valence-electron chi connectivity index (χ2n) is 6.18. The van der Waals surface area contributed by atoms with E-state index < -0.39 is 21.0 Å². The minimum Gasteiger partial charge on any atom is -0.445 e. The average molecular weight is 405 g/mol. The number of nitro groups is 1. The van der Waals surface area contributed by atoms with Gasteiger partial charge in [-0.05, 0) is 17.7 Å². The number of carbonyl (C=O) groups is 1. The molecule has 3 rings (SSSR count). The van der Waals surface area contributed by atoms with E-state index in [9.17, 15) is 23.3 Å². The minimum atomic E-state index is -3.78. The number of amides is 1. The number of nitrogens with zero attached hydrogens (tertiary/aromatic N) is 3. The van der Waals surface area contributed by atoms with E-state index in [-0.39, 0.29) is 43.4 Å². The molecule has 28 heavy (non-hydrogen) atoms. The molecular formula is C18H19N3O6S. The van der Waals surface area contributed by atoms with Crippen molar-refractivity contribution in [3.63, 3.8) is 0 Å². The number of ether oxygens (including phenoxy) is 1. The largest absolute Gasteiger partial charge is 0.445 e. The summed E-state index contributed by atoms with van der Waals surface area (Å²) in [6, 6.07) is 14.0. The summed E-state index contributed by atoms with van der Waals surface area (Å²) < 4.78 is 31.9. The Hall–Kier alpha value is -2.98. The fourth-order valence-electron chi connectivity index (χ4n) is 2.81. The van der Waals surface area contributed by atoms with Crippen molar-refractivity contribution in [2.75, 3.05) is 26.2 Å². The molecule has 1 aliphatic rings. The number of hydrogen-bond acceptors (Lipinski definition) is 6. The van der Waals surface area contributed by atoms with E-state index in [4.69, 9.17) is 4.74 Å². The number of nitro benzene ring substituents is 1. The van der Waals surface area contributed by atoms with Crippen LogP contribution in [0.4, 0.5) is 10.5 Å². The van der Waals surface area contributed by atoms with Gasteiger partial charge in [0.25, 0.3) is 5.69 Å². The van der Waals surface area contributed by atoms with Crippen molar-refractivity contribution in [1.82, 2.24) is 9.21 Å². The van der Waals surface area contributed by atoms with Crippen LogP contribution in [-0.2, 0) is 21.4 Å². The van der Waals surface area contributed by atoms with Gasteiger partial charge in [0, 0.05) is 38.3 Å². The molecule has 1 saturated heterocycles. The highest BCUT2D eigenvalue weighted by Crippen LogP contribution is 2.21. The molecule has 1 aliphatic heterocycles. The molecule has 0 saturated carbocycles. The lowest BCUT2D eigenvalue weighted by Crippen LogP contribution is -2.50. The van der Waals surface area contributed by atoms with E-state index in [2.05, 4.69) is 0 Å². The zero-order valence-electron chi connectivity index (χ0n) is 14.9. The maximum Gasteiger partial charge on any atom is 0.410 e. The second kappa shape index (κ2) is 8.36. The van der Waals surface area contributed by atoms with Crippen molar-refractivity contribution in [2.24, 2.45) is 0 Å². The highest BCUT2D eigenvalue weighted by Gasteiger charge is 2.30. The van der Waals surface area contributed by atoms with Crippen LogP contribution in [0.2, 0.25) is 0 Å². The molecule has 0 radical (unpaired) electrons. The Morgan fingerprint density at radius 2 is 1.61 bits per heavy atom. The molecule has 10 heteroatoms. The molecule has 0 aliphatic carbocycles. The van der Waals surface area contributed by atoms with Crippen molar-refractivity contribution >= 4 is 21.8 Å². The topological polar surface area (TPSA) is 110 Å². The summed E-state index contributed by atoms with van der Waals surface area (Å²) in [6.07, 6.45) is -0.490. The quantitative estimate of drug-likeness (QED) is 0.557. The summed E-state index contributed by atoms with van der Waals surface area (Å²) in [5.41, 5.74) is 0.695. The highest BCUT2D eigenvalue weighted by atomic mass is 32.2. The third-order valence-electron chi connectivity index (χ3n) is 4.39. The first-order valence-corrected chi connectivity index (χ1v) is 10.0. The summed E-state index contributed by atoms with van der Waals surface area (Å²) in [6.45, 7) is 0.820. The van der Waals surface area contributed by atoms with Crippen LogP contribution in [0.25, 0.3) is 0 Å². The van der Waals surface area contributed by atoms with Crippen LogP contribution in [0.3, 0.4) is 0 Å². The van der Waals surface area contributed by atoms with E-state index in [0.29, 0.717) is 0 Å². The van der Waals surface area contributed by atoms with Gasteiger partial charge in [-0.1, -0.05) is 30.3 Å². The van der Waals surface area contributed by atoms with Gasteiger partial charge in [0.05, 0.1) is 9.82 Å². The molecule has 2 aromatic carbocycles. The predicted octanol–water partition coefficient (Wildman–Crippen LogP) is 2.24. The predicted molar refractivity (Wildman–Crippen MR) is 100 cm³/mol. The second-order valence-corrected chi connectivity index (χ2v) is 8.12. The van der Waals surface area contributed by atoms with Crippen LogP contribution in [0.15, 0.2) is 59.5 Å².